The maximum Gasteiger partial charge on any atom is 0.122 e. The molecular weight excluding hydrogens is 246 g/mol. The Balaban J connectivity index is 1.86. The summed E-state index contributed by atoms with van der Waals surface area (Å²) in [5.41, 5.74) is 2.83. The number of hydrogen-bond acceptors (Lipinski definition) is 2. The van der Waals surface area contributed by atoms with Gasteiger partial charge in [0.1, 0.15) is 12.4 Å². The second kappa shape index (κ2) is 6.62. The fourth-order valence-electron chi connectivity index (χ4n) is 2.75. The van der Waals surface area contributed by atoms with Crippen LogP contribution in [0.4, 0.5) is 0 Å². The molecule has 0 amide bonds. The second-order valence-corrected chi connectivity index (χ2v) is 6.98. The number of nitrogens with zero attached hydrogens (tertiary/aromatic N) is 1. The van der Waals surface area contributed by atoms with Crippen molar-refractivity contribution in [2.75, 3.05) is 26.2 Å². The molecule has 0 bridgehead atoms. The van der Waals surface area contributed by atoms with E-state index < -0.39 is 0 Å². The van der Waals surface area contributed by atoms with Gasteiger partial charge in [-0.05, 0) is 55.5 Å². The maximum atomic E-state index is 5.97. The van der Waals surface area contributed by atoms with Crippen LogP contribution in [0.25, 0.3) is 0 Å². The minimum absolute atomic E-state index is 0.205. The molecule has 2 nitrogen and oxygen atoms in total. The van der Waals surface area contributed by atoms with Crippen LogP contribution in [0.5, 0.6) is 5.75 Å². The first-order chi connectivity index (χ1) is 9.47. The fraction of sp³-hybridized carbons (Fsp3) is 0.667. The molecule has 0 N–H and O–H groups in total. The molecule has 112 valence electrons. The van der Waals surface area contributed by atoms with Crippen LogP contribution >= 0.6 is 0 Å². The minimum atomic E-state index is 0.205. The molecule has 1 aromatic carbocycles. The van der Waals surface area contributed by atoms with Gasteiger partial charge in [-0.15, -0.1) is 0 Å². The van der Waals surface area contributed by atoms with Crippen LogP contribution in [0.2, 0.25) is 0 Å². The van der Waals surface area contributed by atoms with E-state index >= 15 is 0 Å². The van der Waals surface area contributed by atoms with Gasteiger partial charge in [0, 0.05) is 6.54 Å². The SMILES string of the molecule is Cc1cc(C(C)(C)C)ccc1OCCN1CCCCC1. The molecular formula is C18H29NO. The average Bonchev–Trinajstić information content (AvgIpc) is 2.40. The molecule has 0 atom stereocenters. The quantitative estimate of drug-likeness (QED) is 0.818. The normalized spacial score (nSPS) is 17.2. The van der Waals surface area contributed by atoms with Crippen molar-refractivity contribution in [3.05, 3.63) is 29.3 Å². The molecule has 1 aliphatic heterocycles. The summed E-state index contributed by atoms with van der Waals surface area (Å²) in [5.74, 6) is 1.04. The molecule has 2 heteroatoms. The van der Waals surface area contributed by atoms with Crippen molar-refractivity contribution in [1.29, 1.82) is 0 Å². The Morgan fingerprint density at radius 3 is 2.40 bits per heavy atom. The summed E-state index contributed by atoms with van der Waals surface area (Å²) >= 11 is 0. The molecule has 0 aliphatic carbocycles. The van der Waals surface area contributed by atoms with Gasteiger partial charge in [-0.25, -0.2) is 0 Å². The minimum Gasteiger partial charge on any atom is -0.492 e. The van der Waals surface area contributed by atoms with Gasteiger partial charge in [0.2, 0.25) is 0 Å². The van der Waals surface area contributed by atoms with Gasteiger partial charge < -0.3 is 4.74 Å². The van der Waals surface area contributed by atoms with Crippen LogP contribution in [0.15, 0.2) is 18.2 Å². The van der Waals surface area contributed by atoms with Crippen molar-refractivity contribution >= 4 is 0 Å². The Morgan fingerprint density at radius 1 is 1.10 bits per heavy atom. The number of likely N-dealkylation sites (tertiary alicyclic amines) is 1. The maximum absolute atomic E-state index is 5.97. The van der Waals surface area contributed by atoms with Crippen molar-refractivity contribution in [1.82, 2.24) is 4.90 Å². The van der Waals surface area contributed by atoms with Crippen LogP contribution < -0.4 is 4.74 Å². The number of piperidine rings is 1. The molecule has 1 aliphatic rings. The van der Waals surface area contributed by atoms with E-state index in [9.17, 15) is 0 Å². The van der Waals surface area contributed by atoms with Crippen molar-refractivity contribution in [2.45, 2.75) is 52.4 Å². The summed E-state index contributed by atoms with van der Waals surface area (Å²) in [6.07, 6.45) is 4.09. The Kier molecular flexibility index (Phi) is 5.09. The number of hydrogen-bond donors (Lipinski definition) is 0. The van der Waals surface area contributed by atoms with Crippen molar-refractivity contribution in [2.24, 2.45) is 0 Å². The van der Waals surface area contributed by atoms with Gasteiger partial charge in [0.05, 0.1) is 0 Å². The lowest BCUT2D eigenvalue weighted by Crippen LogP contribution is -2.33. The third-order valence-corrected chi connectivity index (χ3v) is 4.15. The Bertz CT molecular complexity index is 428. The fourth-order valence-corrected chi connectivity index (χ4v) is 2.75. The highest BCUT2D eigenvalue weighted by Crippen LogP contribution is 2.27. The summed E-state index contributed by atoms with van der Waals surface area (Å²) in [4.78, 5) is 2.52. The highest BCUT2D eigenvalue weighted by molar-refractivity contribution is 5.38. The van der Waals surface area contributed by atoms with Gasteiger partial charge in [0.15, 0.2) is 0 Å². The first-order valence-corrected chi connectivity index (χ1v) is 7.93. The van der Waals surface area contributed by atoms with Gasteiger partial charge >= 0.3 is 0 Å². The molecule has 2 rings (SSSR count). The van der Waals surface area contributed by atoms with Gasteiger partial charge in [-0.1, -0.05) is 39.3 Å². The van der Waals surface area contributed by atoms with E-state index in [0.717, 1.165) is 18.9 Å². The Labute approximate surface area is 124 Å². The number of aryl methyl sites for hydroxylation is 1. The molecule has 20 heavy (non-hydrogen) atoms. The molecule has 0 unspecified atom stereocenters. The number of rotatable bonds is 4. The lowest BCUT2D eigenvalue weighted by molar-refractivity contribution is 0.183. The third-order valence-electron chi connectivity index (χ3n) is 4.15. The summed E-state index contributed by atoms with van der Waals surface area (Å²) in [5, 5.41) is 0. The Morgan fingerprint density at radius 2 is 1.80 bits per heavy atom. The molecule has 0 aromatic heterocycles. The molecule has 1 saturated heterocycles. The molecule has 1 heterocycles. The molecule has 0 saturated carbocycles. The lowest BCUT2D eigenvalue weighted by atomic mass is 9.86. The van der Waals surface area contributed by atoms with E-state index in [0.29, 0.717) is 0 Å². The summed E-state index contributed by atoms with van der Waals surface area (Å²) in [6.45, 7) is 13.2. The van der Waals surface area contributed by atoms with Crippen LogP contribution in [0, 0.1) is 6.92 Å². The zero-order valence-corrected chi connectivity index (χ0v) is 13.5. The Hall–Kier alpha value is -1.02. The highest BCUT2D eigenvalue weighted by atomic mass is 16.5. The van der Waals surface area contributed by atoms with Crippen molar-refractivity contribution in [3.63, 3.8) is 0 Å². The number of benzene rings is 1. The highest BCUT2D eigenvalue weighted by Gasteiger charge is 2.15. The topological polar surface area (TPSA) is 12.5 Å². The zero-order valence-electron chi connectivity index (χ0n) is 13.5. The third kappa shape index (κ3) is 4.24. The largest absolute Gasteiger partial charge is 0.492 e. The standard InChI is InChI=1S/C18H29NO/c1-15-14-16(18(2,3)4)8-9-17(15)20-13-12-19-10-6-5-7-11-19/h8-9,14H,5-7,10-13H2,1-4H3. The van der Waals surface area contributed by atoms with Gasteiger partial charge in [-0.2, -0.15) is 0 Å². The van der Waals surface area contributed by atoms with E-state index in [2.05, 4.69) is 50.8 Å². The van der Waals surface area contributed by atoms with E-state index in [1.807, 2.05) is 0 Å². The molecule has 0 spiro atoms. The predicted molar refractivity (Wildman–Crippen MR) is 85.7 cm³/mol. The molecule has 0 radical (unpaired) electrons. The first-order valence-electron chi connectivity index (χ1n) is 7.93. The summed E-state index contributed by atoms with van der Waals surface area (Å²) in [6, 6.07) is 6.59. The van der Waals surface area contributed by atoms with E-state index in [1.54, 1.807) is 0 Å². The lowest BCUT2D eigenvalue weighted by Gasteiger charge is -2.26. The van der Waals surface area contributed by atoms with Gasteiger partial charge in [-0.3, -0.25) is 4.90 Å². The molecule has 1 aromatic rings. The summed E-state index contributed by atoms with van der Waals surface area (Å²) in [7, 11) is 0. The zero-order chi connectivity index (χ0) is 14.6. The van der Waals surface area contributed by atoms with Crippen molar-refractivity contribution < 1.29 is 4.74 Å². The smallest absolute Gasteiger partial charge is 0.122 e. The van der Waals surface area contributed by atoms with Crippen molar-refractivity contribution in [3.8, 4) is 5.75 Å². The molecule has 1 fully saturated rings. The van der Waals surface area contributed by atoms with E-state index in [1.165, 1.54) is 43.5 Å². The average molecular weight is 275 g/mol. The van der Waals surface area contributed by atoms with E-state index in [-0.39, 0.29) is 5.41 Å². The van der Waals surface area contributed by atoms with Crippen LogP contribution in [-0.4, -0.2) is 31.1 Å². The van der Waals surface area contributed by atoms with E-state index in [4.69, 9.17) is 4.74 Å². The number of ether oxygens (including phenoxy) is 1. The second-order valence-electron chi connectivity index (χ2n) is 6.98. The van der Waals surface area contributed by atoms with Gasteiger partial charge in [0.25, 0.3) is 0 Å². The summed E-state index contributed by atoms with van der Waals surface area (Å²) < 4.78 is 5.97. The predicted octanol–water partition coefficient (Wildman–Crippen LogP) is 4.16. The van der Waals surface area contributed by atoms with Crippen LogP contribution in [0.1, 0.15) is 51.2 Å². The van der Waals surface area contributed by atoms with Crippen LogP contribution in [-0.2, 0) is 5.41 Å². The monoisotopic (exact) mass is 275 g/mol. The van der Waals surface area contributed by atoms with Crippen LogP contribution in [0.3, 0.4) is 0 Å². The first kappa shape index (κ1) is 15.4.